The van der Waals surface area contributed by atoms with Crippen LogP contribution >= 0.6 is 0 Å². The monoisotopic (exact) mass is 713 g/mol. The average Bonchev–Trinajstić information content (AvgIpc) is 3.63. The Balaban J connectivity index is 1.39. The van der Waals surface area contributed by atoms with Crippen LogP contribution in [0.1, 0.15) is 79.6 Å². The number of nitrogens with one attached hydrogen (secondary N) is 2. The third kappa shape index (κ3) is 8.19. The van der Waals surface area contributed by atoms with Crippen LogP contribution in [0.5, 0.6) is 5.75 Å². The Bertz CT molecular complexity index is 1640. The van der Waals surface area contributed by atoms with E-state index in [0.717, 1.165) is 6.42 Å². The summed E-state index contributed by atoms with van der Waals surface area (Å²) in [5.74, 6) is -3.83. The summed E-state index contributed by atoms with van der Waals surface area (Å²) in [7, 11) is 0. The molecule has 8 atom stereocenters. The van der Waals surface area contributed by atoms with E-state index in [4.69, 9.17) is 14.2 Å². The van der Waals surface area contributed by atoms with E-state index >= 15 is 0 Å². The van der Waals surface area contributed by atoms with Gasteiger partial charge in [0.25, 0.3) is 5.91 Å². The summed E-state index contributed by atoms with van der Waals surface area (Å²) in [5.41, 5.74) is 0.216. The lowest BCUT2D eigenvalue weighted by atomic mass is 9.79. The Hall–Kier alpha value is -4.12. The summed E-state index contributed by atoms with van der Waals surface area (Å²) < 4.78 is 18.6. The van der Waals surface area contributed by atoms with Gasteiger partial charge in [-0.3, -0.25) is 14.4 Å². The van der Waals surface area contributed by atoms with E-state index in [1.165, 1.54) is 19.1 Å². The molecule has 0 radical (unpaired) electrons. The third-order valence-corrected chi connectivity index (χ3v) is 9.68. The number of aliphatic carboxylic acids is 1. The van der Waals surface area contributed by atoms with E-state index in [1.807, 2.05) is 0 Å². The molecule has 3 aliphatic heterocycles. The molecule has 2 aromatic rings. The van der Waals surface area contributed by atoms with Crippen molar-refractivity contribution in [3.63, 3.8) is 0 Å². The number of carbonyl (C=O) groups excluding carboxylic acids is 3. The molecule has 2 aromatic carbocycles. The van der Waals surface area contributed by atoms with E-state index < -0.39 is 84.8 Å². The Morgan fingerprint density at radius 2 is 1.75 bits per heavy atom. The summed E-state index contributed by atoms with van der Waals surface area (Å²) in [6.45, 7) is 7.82. The molecular formula is C36H47N3O12. The molecule has 15 heteroatoms. The van der Waals surface area contributed by atoms with Crippen molar-refractivity contribution in [1.82, 2.24) is 10.6 Å². The molecule has 5 rings (SSSR count). The molecule has 3 aliphatic rings. The van der Waals surface area contributed by atoms with Gasteiger partial charge in [-0.25, -0.2) is 4.79 Å². The fourth-order valence-corrected chi connectivity index (χ4v) is 7.23. The highest BCUT2D eigenvalue weighted by molar-refractivity contribution is 5.95. The van der Waals surface area contributed by atoms with Gasteiger partial charge in [0.15, 0.2) is 11.4 Å². The highest BCUT2D eigenvalue weighted by Gasteiger charge is 2.57. The number of phenolic OH excluding ortho intramolecular Hbond substituents is 1. The third-order valence-electron chi connectivity index (χ3n) is 9.68. The summed E-state index contributed by atoms with van der Waals surface area (Å²) in [4.78, 5) is 52.3. The number of anilines is 1. The molecule has 3 heterocycles. The smallest absolute Gasteiger partial charge is 0.336 e. The number of rotatable bonds is 11. The van der Waals surface area contributed by atoms with E-state index in [9.17, 15) is 44.7 Å². The van der Waals surface area contributed by atoms with Gasteiger partial charge in [0, 0.05) is 50.5 Å². The standard InChI is InChI=1S/C36H47N3O12/c1-18-12-22(13-19(2)29(18)44)33(46)37-17-25(42)30(45)32-28(38-20(3)40)24(41)15-36(51-32,34(47)48)16-26-31(50-35(4,5)49-26)21-8-6-9-23(14-21)39-11-7-10-27(39)43/h6,8-9,12-14,24-26,28,30-32,41-42,44-45H,7,10-11,15-17H2,1-5H3,(H,37,46)(H,38,40)(H,47,48)/t24-,25+,26?,28+,30+,31-,32+,36-/m0/s1. The van der Waals surface area contributed by atoms with Gasteiger partial charge in [-0.2, -0.15) is 0 Å². The van der Waals surface area contributed by atoms with Crippen LogP contribution < -0.4 is 15.5 Å². The van der Waals surface area contributed by atoms with Crippen LogP contribution in [0, 0.1) is 13.8 Å². The number of ether oxygens (including phenoxy) is 3. The summed E-state index contributed by atoms with van der Waals surface area (Å²) in [6.07, 6.45) is -8.34. The first kappa shape index (κ1) is 38.1. The number of amides is 3. The minimum Gasteiger partial charge on any atom is -0.507 e. The van der Waals surface area contributed by atoms with Crippen LogP contribution in [0.2, 0.25) is 0 Å². The number of hydrogen-bond acceptors (Lipinski definition) is 11. The molecule has 0 saturated carbocycles. The van der Waals surface area contributed by atoms with Crippen molar-refractivity contribution in [2.75, 3.05) is 18.0 Å². The van der Waals surface area contributed by atoms with Crippen molar-refractivity contribution >= 4 is 29.4 Å². The fourth-order valence-electron chi connectivity index (χ4n) is 7.23. The molecule has 15 nitrogen and oxygen atoms in total. The van der Waals surface area contributed by atoms with E-state index in [0.29, 0.717) is 35.3 Å². The first-order valence-corrected chi connectivity index (χ1v) is 17.0. The molecule has 3 fully saturated rings. The number of benzene rings is 2. The van der Waals surface area contributed by atoms with Gasteiger partial charge >= 0.3 is 5.97 Å². The lowest BCUT2D eigenvalue weighted by Crippen LogP contribution is -2.68. The van der Waals surface area contributed by atoms with Crippen molar-refractivity contribution in [2.45, 2.75) is 114 Å². The topological polar surface area (TPSA) is 224 Å². The normalized spacial score (nSPS) is 28.7. The maximum absolute atomic E-state index is 13.1. The number of aliphatic hydroxyl groups is 3. The number of phenols is 1. The van der Waals surface area contributed by atoms with Crippen LogP contribution in [-0.4, -0.2) is 110 Å². The Morgan fingerprint density at radius 3 is 2.35 bits per heavy atom. The van der Waals surface area contributed by atoms with E-state index in [-0.39, 0.29) is 23.6 Å². The number of aryl methyl sites for hydroxylation is 2. The predicted octanol–water partition coefficient (Wildman–Crippen LogP) is 1.35. The number of nitrogens with zero attached hydrogens (tertiary/aromatic N) is 1. The lowest BCUT2D eigenvalue weighted by molar-refractivity contribution is -0.236. The SMILES string of the molecule is CC(=O)N[C@H]1[C@H]([C@H](O)[C@H](O)CNC(=O)c2cc(C)c(O)c(C)c2)O[C@@](CC2OC(C)(C)O[C@H]2c2cccc(N3CCCC3=O)c2)(C(=O)O)C[C@@H]1O. The van der Waals surface area contributed by atoms with Crippen LogP contribution in [0.15, 0.2) is 36.4 Å². The number of carbonyl (C=O) groups is 4. The zero-order chi connectivity index (χ0) is 37.4. The minimum atomic E-state index is -2.20. The number of hydrogen-bond donors (Lipinski definition) is 7. The molecule has 0 aromatic heterocycles. The van der Waals surface area contributed by atoms with Crippen molar-refractivity contribution in [2.24, 2.45) is 0 Å². The Morgan fingerprint density at radius 1 is 1.06 bits per heavy atom. The van der Waals surface area contributed by atoms with Crippen LogP contribution in [0.4, 0.5) is 5.69 Å². The number of aromatic hydroxyl groups is 1. The molecule has 3 amide bonds. The second-order valence-electron chi connectivity index (χ2n) is 14.1. The molecule has 3 saturated heterocycles. The van der Waals surface area contributed by atoms with Gasteiger partial charge in [0.05, 0.1) is 24.4 Å². The van der Waals surface area contributed by atoms with E-state index in [1.54, 1.807) is 56.9 Å². The van der Waals surface area contributed by atoms with Crippen molar-refractivity contribution in [3.05, 3.63) is 58.7 Å². The molecule has 278 valence electrons. The Labute approximate surface area is 295 Å². The Kier molecular flexibility index (Phi) is 11.1. The zero-order valence-corrected chi connectivity index (χ0v) is 29.3. The molecule has 0 spiro atoms. The molecule has 1 unspecified atom stereocenters. The first-order chi connectivity index (χ1) is 23.9. The molecule has 51 heavy (non-hydrogen) atoms. The van der Waals surface area contributed by atoms with Crippen LogP contribution in [-0.2, 0) is 28.6 Å². The van der Waals surface area contributed by atoms with Crippen LogP contribution in [0.25, 0.3) is 0 Å². The van der Waals surface area contributed by atoms with Gasteiger partial charge in [-0.15, -0.1) is 0 Å². The number of carboxylic acids is 1. The van der Waals surface area contributed by atoms with Gasteiger partial charge in [-0.1, -0.05) is 12.1 Å². The fraction of sp³-hybridized carbons (Fsp3) is 0.556. The highest BCUT2D eigenvalue weighted by Crippen LogP contribution is 2.45. The second kappa shape index (κ2) is 14.9. The molecule has 7 N–H and O–H groups in total. The lowest BCUT2D eigenvalue weighted by Gasteiger charge is -2.48. The second-order valence-corrected chi connectivity index (χ2v) is 14.1. The van der Waals surface area contributed by atoms with Gasteiger partial charge in [-0.05, 0) is 75.1 Å². The van der Waals surface area contributed by atoms with E-state index in [2.05, 4.69) is 10.6 Å². The quantitative estimate of drug-likeness (QED) is 0.175. The predicted molar refractivity (Wildman–Crippen MR) is 181 cm³/mol. The molecule has 0 aliphatic carbocycles. The average molecular weight is 714 g/mol. The van der Waals surface area contributed by atoms with Crippen LogP contribution in [0.3, 0.4) is 0 Å². The zero-order valence-electron chi connectivity index (χ0n) is 29.3. The van der Waals surface area contributed by atoms with Crippen molar-refractivity contribution in [1.29, 1.82) is 0 Å². The molecule has 0 bridgehead atoms. The summed E-state index contributed by atoms with van der Waals surface area (Å²) in [5, 5.41) is 59.5. The minimum absolute atomic E-state index is 0.00679. The van der Waals surface area contributed by atoms with Gasteiger partial charge in [0.1, 0.15) is 24.1 Å². The largest absolute Gasteiger partial charge is 0.507 e. The highest BCUT2D eigenvalue weighted by atomic mass is 16.8. The maximum atomic E-state index is 13.1. The van der Waals surface area contributed by atoms with Gasteiger partial charge < -0.3 is 55.3 Å². The van der Waals surface area contributed by atoms with Crippen molar-refractivity contribution in [3.8, 4) is 5.75 Å². The number of carboxylic acid groups (broad SMARTS) is 1. The first-order valence-electron chi connectivity index (χ1n) is 17.0. The summed E-state index contributed by atoms with van der Waals surface area (Å²) in [6, 6.07) is 8.73. The number of aliphatic hydroxyl groups excluding tert-OH is 3. The summed E-state index contributed by atoms with van der Waals surface area (Å²) >= 11 is 0. The maximum Gasteiger partial charge on any atom is 0.336 e. The van der Waals surface area contributed by atoms with Crippen molar-refractivity contribution < 1.29 is 58.9 Å². The molecular weight excluding hydrogens is 666 g/mol. The van der Waals surface area contributed by atoms with Gasteiger partial charge in [0.2, 0.25) is 11.8 Å².